The molecule has 0 amide bonds. The van der Waals surface area contributed by atoms with E-state index in [4.69, 9.17) is 9.47 Å². The van der Waals surface area contributed by atoms with Crippen LogP contribution in [0.2, 0.25) is 0 Å². The van der Waals surface area contributed by atoms with E-state index in [1.807, 2.05) is 6.07 Å². The van der Waals surface area contributed by atoms with Crippen molar-refractivity contribution >= 4 is 43.2 Å². The molecule has 1 N–H and O–H groups in total. The van der Waals surface area contributed by atoms with E-state index in [0.717, 1.165) is 13.1 Å². The first-order valence-corrected chi connectivity index (χ1v) is 6.91. The second-order valence-corrected chi connectivity index (χ2v) is 6.46. The Bertz CT molecular complexity index is 317. The van der Waals surface area contributed by atoms with Crippen LogP contribution in [0.4, 0.5) is 0 Å². The number of hydrogen-bond acceptors (Lipinski definition) is 4. The third-order valence-corrected chi connectivity index (χ3v) is 5.48. The van der Waals surface area contributed by atoms with Gasteiger partial charge in [0.15, 0.2) is 0 Å². The second kappa shape index (κ2) is 5.25. The van der Waals surface area contributed by atoms with E-state index in [2.05, 4.69) is 31.9 Å². The Labute approximate surface area is 109 Å². The Hall–Kier alpha value is 0.540. The zero-order chi connectivity index (χ0) is 10.8. The van der Waals surface area contributed by atoms with Gasteiger partial charge in [-0.15, -0.1) is 11.3 Å². The van der Waals surface area contributed by atoms with Crippen LogP contribution < -0.4 is 0 Å². The van der Waals surface area contributed by atoms with Gasteiger partial charge in [-0.05, 0) is 37.9 Å². The number of aliphatic hydroxyl groups excluding tert-OH is 1. The summed E-state index contributed by atoms with van der Waals surface area (Å²) in [6.45, 7) is 1.62. The van der Waals surface area contributed by atoms with Crippen molar-refractivity contribution in [1.29, 1.82) is 0 Å². The summed E-state index contributed by atoms with van der Waals surface area (Å²) in [7, 11) is 0. The van der Waals surface area contributed by atoms with Crippen LogP contribution in [0.15, 0.2) is 14.3 Å². The molecule has 1 aromatic rings. The van der Waals surface area contributed by atoms with Gasteiger partial charge in [-0.1, -0.05) is 0 Å². The zero-order valence-corrected chi connectivity index (χ0v) is 11.8. The van der Waals surface area contributed by atoms with Crippen LogP contribution in [-0.4, -0.2) is 31.0 Å². The number of aliphatic hydroxyl groups is 1. The Morgan fingerprint density at radius 3 is 2.80 bits per heavy atom. The van der Waals surface area contributed by atoms with E-state index in [1.54, 1.807) is 0 Å². The molecule has 1 saturated heterocycles. The number of thiophene rings is 1. The summed E-state index contributed by atoms with van der Waals surface area (Å²) in [6.07, 6.45) is -0.867. The quantitative estimate of drug-likeness (QED) is 0.884. The highest BCUT2D eigenvalue weighted by Crippen LogP contribution is 2.37. The lowest BCUT2D eigenvalue weighted by Crippen LogP contribution is -2.33. The molecule has 3 nitrogen and oxygen atoms in total. The van der Waals surface area contributed by atoms with Crippen LogP contribution in [-0.2, 0) is 9.47 Å². The molecule has 1 fully saturated rings. The molecule has 2 rings (SSSR count). The van der Waals surface area contributed by atoms with Crippen molar-refractivity contribution < 1.29 is 14.6 Å². The fraction of sp³-hybridized carbons (Fsp3) is 0.556. The molecule has 0 spiro atoms. The van der Waals surface area contributed by atoms with Gasteiger partial charge < -0.3 is 14.6 Å². The zero-order valence-electron chi connectivity index (χ0n) is 7.78. The van der Waals surface area contributed by atoms with Crippen LogP contribution in [0.5, 0.6) is 0 Å². The van der Waals surface area contributed by atoms with Crippen molar-refractivity contribution in [3.63, 3.8) is 0 Å². The molecular weight excluding hydrogens is 348 g/mol. The smallest absolute Gasteiger partial charge is 0.117 e. The van der Waals surface area contributed by atoms with Gasteiger partial charge in [-0.3, -0.25) is 0 Å². The normalized spacial score (nSPS) is 24.1. The average Bonchev–Trinajstić information content (AvgIpc) is 2.59. The minimum absolute atomic E-state index is 0.254. The first kappa shape index (κ1) is 12.0. The van der Waals surface area contributed by atoms with Gasteiger partial charge in [0.2, 0.25) is 0 Å². The highest BCUT2D eigenvalue weighted by Gasteiger charge is 2.26. The molecule has 2 unspecified atom stereocenters. The minimum Gasteiger partial charge on any atom is -0.385 e. The summed E-state index contributed by atoms with van der Waals surface area (Å²) in [5, 5.41) is 10.0. The van der Waals surface area contributed by atoms with Gasteiger partial charge in [0.25, 0.3) is 0 Å². The predicted octanol–water partition coefficient (Wildman–Crippen LogP) is 2.72. The fourth-order valence-corrected chi connectivity index (χ4v) is 3.51. The molecule has 84 valence electrons. The standard InChI is InChI=1S/C9H10Br2O3S/c10-5-3-7(15-9(5)11)8(12)6-4-13-1-2-14-6/h3,6,8,12H,1-2,4H2. The van der Waals surface area contributed by atoms with Crippen LogP contribution >= 0.6 is 43.2 Å². The van der Waals surface area contributed by atoms with E-state index in [0.29, 0.717) is 19.8 Å². The highest BCUT2D eigenvalue weighted by molar-refractivity contribution is 9.13. The van der Waals surface area contributed by atoms with Gasteiger partial charge in [0.1, 0.15) is 12.2 Å². The lowest BCUT2D eigenvalue weighted by atomic mass is 10.2. The molecule has 0 radical (unpaired) electrons. The van der Waals surface area contributed by atoms with Crippen molar-refractivity contribution in [2.45, 2.75) is 12.2 Å². The van der Waals surface area contributed by atoms with E-state index < -0.39 is 6.10 Å². The van der Waals surface area contributed by atoms with Gasteiger partial charge in [0, 0.05) is 9.35 Å². The Kier molecular flexibility index (Phi) is 4.20. The molecule has 6 heteroatoms. The summed E-state index contributed by atoms with van der Waals surface area (Å²) < 4.78 is 12.6. The van der Waals surface area contributed by atoms with E-state index >= 15 is 0 Å². The molecule has 2 atom stereocenters. The molecule has 0 saturated carbocycles. The van der Waals surface area contributed by atoms with Crippen molar-refractivity contribution in [3.05, 3.63) is 19.2 Å². The molecule has 1 aliphatic heterocycles. The predicted molar refractivity (Wildman–Crippen MR) is 65.2 cm³/mol. The number of rotatable bonds is 2. The van der Waals surface area contributed by atoms with Crippen LogP contribution in [0.3, 0.4) is 0 Å². The van der Waals surface area contributed by atoms with E-state index in [9.17, 15) is 5.11 Å². The maximum absolute atomic E-state index is 10.0. The van der Waals surface area contributed by atoms with Crippen LogP contribution in [0, 0.1) is 0 Å². The molecule has 1 aromatic heterocycles. The molecule has 0 bridgehead atoms. The Balaban J connectivity index is 2.08. The first-order chi connectivity index (χ1) is 7.18. The third kappa shape index (κ3) is 2.81. The summed E-state index contributed by atoms with van der Waals surface area (Å²) in [4.78, 5) is 0.879. The number of halogens is 2. The first-order valence-electron chi connectivity index (χ1n) is 4.50. The topological polar surface area (TPSA) is 38.7 Å². The third-order valence-electron chi connectivity index (χ3n) is 2.15. The minimum atomic E-state index is -0.613. The second-order valence-electron chi connectivity index (χ2n) is 3.20. The lowest BCUT2D eigenvalue weighted by Gasteiger charge is -2.26. The summed E-state index contributed by atoms with van der Waals surface area (Å²) in [5.74, 6) is 0. The van der Waals surface area contributed by atoms with Crippen molar-refractivity contribution in [1.82, 2.24) is 0 Å². The molecular formula is C9H10Br2O3S. The molecule has 15 heavy (non-hydrogen) atoms. The molecule has 2 heterocycles. The number of ether oxygens (including phenoxy) is 2. The molecule has 0 aliphatic carbocycles. The summed E-state index contributed by atoms with van der Waals surface area (Å²) >= 11 is 8.29. The monoisotopic (exact) mass is 356 g/mol. The van der Waals surface area contributed by atoms with Crippen LogP contribution in [0.1, 0.15) is 11.0 Å². The largest absolute Gasteiger partial charge is 0.385 e. The highest BCUT2D eigenvalue weighted by atomic mass is 79.9. The molecule has 1 aliphatic rings. The Morgan fingerprint density at radius 2 is 2.27 bits per heavy atom. The van der Waals surface area contributed by atoms with Crippen molar-refractivity contribution in [2.75, 3.05) is 19.8 Å². The van der Waals surface area contributed by atoms with Crippen LogP contribution in [0.25, 0.3) is 0 Å². The van der Waals surface area contributed by atoms with Crippen molar-refractivity contribution in [3.8, 4) is 0 Å². The SMILES string of the molecule is OC(c1cc(Br)c(Br)s1)C1COCCO1. The fourth-order valence-electron chi connectivity index (χ4n) is 1.38. The lowest BCUT2D eigenvalue weighted by molar-refractivity contribution is -0.132. The summed E-state index contributed by atoms with van der Waals surface area (Å²) in [5.41, 5.74) is 0. The van der Waals surface area contributed by atoms with Crippen molar-refractivity contribution in [2.24, 2.45) is 0 Å². The van der Waals surface area contributed by atoms with Gasteiger partial charge in [-0.25, -0.2) is 0 Å². The average molecular weight is 358 g/mol. The molecule has 0 aromatic carbocycles. The number of hydrogen-bond donors (Lipinski definition) is 1. The van der Waals surface area contributed by atoms with Gasteiger partial charge >= 0.3 is 0 Å². The van der Waals surface area contributed by atoms with E-state index in [1.165, 1.54) is 11.3 Å². The maximum Gasteiger partial charge on any atom is 0.117 e. The maximum atomic E-state index is 10.0. The van der Waals surface area contributed by atoms with Gasteiger partial charge in [0.05, 0.1) is 23.6 Å². The van der Waals surface area contributed by atoms with Gasteiger partial charge in [-0.2, -0.15) is 0 Å². The summed E-state index contributed by atoms with van der Waals surface area (Å²) in [6, 6.07) is 1.90. The van der Waals surface area contributed by atoms with E-state index in [-0.39, 0.29) is 6.10 Å². The Morgan fingerprint density at radius 1 is 1.47 bits per heavy atom.